The first-order valence-electron chi connectivity index (χ1n) is 11.9. The number of amides is 2. The molecule has 1 fully saturated rings. The third kappa shape index (κ3) is 6.04. The number of anilines is 1. The molecule has 2 N–H and O–H groups in total. The summed E-state index contributed by atoms with van der Waals surface area (Å²) < 4.78 is 2.39. The van der Waals surface area contributed by atoms with Crippen molar-refractivity contribution in [2.75, 3.05) is 38.0 Å². The number of aryl methyl sites for hydroxylation is 3. The fourth-order valence-electron chi connectivity index (χ4n) is 4.36. The van der Waals surface area contributed by atoms with E-state index < -0.39 is 0 Å². The van der Waals surface area contributed by atoms with Crippen LogP contribution >= 0.6 is 12.2 Å². The predicted molar refractivity (Wildman–Crippen MR) is 140 cm³/mol. The minimum Gasteiger partial charge on any atom is -0.340 e. The number of benzene rings is 2. The summed E-state index contributed by atoms with van der Waals surface area (Å²) in [6.45, 7) is 9.37. The Bertz CT molecular complexity index is 1240. The van der Waals surface area contributed by atoms with Crippen molar-refractivity contribution in [1.29, 1.82) is 0 Å². The molecule has 0 aliphatic carbocycles. The van der Waals surface area contributed by atoms with E-state index >= 15 is 0 Å². The summed E-state index contributed by atoms with van der Waals surface area (Å²) in [5, 5.41) is 10.2. The summed E-state index contributed by atoms with van der Waals surface area (Å²) in [6.07, 6.45) is 0.347. The van der Waals surface area contributed by atoms with Crippen molar-refractivity contribution in [1.82, 2.24) is 24.6 Å². The van der Waals surface area contributed by atoms with E-state index in [-0.39, 0.29) is 11.8 Å². The van der Waals surface area contributed by atoms with Crippen LogP contribution in [0.25, 0.3) is 11.4 Å². The van der Waals surface area contributed by atoms with E-state index in [0.717, 1.165) is 28.2 Å². The normalized spacial score (nSPS) is 14.2. The van der Waals surface area contributed by atoms with Gasteiger partial charge in [0.1, 0.15) is 0 Å². The second-order valence-electron chi connectivity index (χ2n) is 9.09. The Labute approximate surface area is 210 Å². The number of aromatic amines is 1. The van der Waals surface area contributed by atoms with Gasteiger partial charge in [-0.25, -0.2) is 0 Å². The minimum absolute atomic E-state index is 0.0276. The molecule has 1 aromatic heterocycles. The van der Waals surface area contributed by atoms with Crippen LogP contribution < -0.4 is 5.32 Å². The molecule has 1 aliphatic rings. The maximum Gasteiger partial charge on any atom is 0.238 e. The van der Waals surface area contributed by atoms with Gasteiger partial charge in [-0.05, 0) is 44.1 Å². The molecule has 8 nitrogen and oxygen atoms in total. The fraction of sp³-hybridized carbons (Fsp3) is 0.385. The number of aromatic nitrogens is 3. The van der Waals surface area contributed by atoms with Gasteiger partial charge in [-0.15, -0.1) is 0 Å². The Balaban J connectivity index is 1.27. The van der Waals surface area contributed by atoms with Gasteiger partial charge in [0.25, 0.3) is 0 Å². The van der Waals surface area contributed by atoms with Crippen LogP contribution in [0.15, 0.2) is 42.5 Å². The quantitative estimate of drug-likeness (QED) is 0.491. The predicted octanol–water partition coefficient (Wildman–Crippen LogP) is 3.71. The Morgan fingerprint density at radius 3 is 2.31 bits per heavy atom. The zero-order valence-corrected chi connectivity index (χ0v) is 21.3. The monoisotopic (exact) mass is 492 g/mol. The van der Waals surface area contributed by atoms with Crippen LogP contribution in [0.1, 0.15) is 23.1 Å². The average Bonchev–Trinajstić information content (AvgIpc) is 3.21. The van der Waals surface area contributed by atoms with Crippen LogP contribution in [0.2, 0.25) is 0 Å². The lowest BCUT2D eigenvalue weighted by Gasteiger charge is -2.34. The minimum atomic E-state index is -0.0276. The number of piperazine rings is 1. The molecule has 0 radical (unpaired) electrons. The van der Waals surface area contributed by atoms with Crippen LogP contribution in [0.4, 0.5) is 5.69 Å². The van der Waals surface area contributed by atoms with Gasteiger partial charge in [-0.2, -0.15) is 5.10 Å². The molecule has 4 rings (SSSR count). The number of H-pyrrole nitrogens is 1. The van der Waals surface area contributed by atoms with Crippen LogP contribution in [-0.4, -0.2) is 69.1 Å². The number of nitrogens with zero attached hydrogens (tertiary/aromatic N) is 4. The van der Waals surface area contributed by atoms with Gasteiger partial charge in [0.2, 0.25) is 11.8 Å². The third-order valence-electron chi connectivity index (χ3n) is 6.46. The van der Waals surface area contributed by atoms with Gasteiger partial charge in [0, 0.05) is 50.4 Å². The number of hydrogen-bond donors (Lipinski definition) is 2. The highest BCUT2D eigenvalue weighted by Crippen LogP contribution is 2.20. The number of hydrogen-bond acceptors (Lipinski definition) is 5. The molecular formula is C26H32N6O2S. The SMILES string of the molecule is Cc1ccc(-c2n[nH]c(=S)n2CCC(=O)N2CCN(CC(=O)Nc3c(C)cccc3C)CC2)cc1. The molecule has 184 valence electrons. The van der Waals surface area contributed by atoms with Gasteiger partial charge in [0.15, 0.2) is 10.6 Å². The van der Waals surface area contributed by atoms with Gasteiger partial charge < -0.3 is 10.2 Å². The number of para-hydroxylation sites is 1. The zero-order chi connectivity index (χ0) is 24.9. The maximum atomic E-state index is 12.9. The van der Waals surface area contributed by atoms with Crippen molar-refractivity contribution in [3.63, 3.8) is 0 Å². The van der Waals surface area contributed by atoms with Gasteiger partial charge >= 0.3 is 0 Å². The Hall–Kier alpha value is -3.30. The standard InChI is InChI=1S/C26H32N6O2S/c1-18-7-9-21(10-8-18)25-28-29-26(35)32(25)12-11-23(34)31-15-13-30(14-16-31)17-22(33)27-24-19(2)5-4-6-20(24)3/h4-10H,11-17H2,1-3H3,(H,27,33)(H,29,35). The molecule has 2 aromatic carbocycles. The first kappa shape index (κ1) is 24.8. The van der Waals surface area contributed by atoms with Gasteiger partial charge in [-0.3, -0.25) is 24.2 Å². The van der Waals surface area contributed by atoms with Crippen molar-refractivity contribution < 1.29 is 9.59 Å². The van der Waals surface area contributed by atoms with Crippen molar-refractivity contribution in [2.24, 2.45) is 0 Å². The molecule has 1 saturated heterocycles. The average molecular weight is 493 g/mol. The molecule has 0 atom stereocenters. The molecule has 0 bridgehead atoms. The molecule has 35 heavy (non-hydrogen) atoms. The Morgan fingerprint density at radius 2 is 1.66 bits per heavy atom. The van der Waals surface area contributed by atoms with Crippen molar-refractivity contribution in [3.05, 3.63) is 63.9 Å². The molecular weight excluding hydrogens is 460 g/mol. The van der Waals surface area contributed by atoms with Crippen molar-refractivity contribution in [3.8, 4) is 11.4 Å². The lowest BCUT2D eigenvalue weighted by Crippen LogP contribution is -2.50. The molecule has 2 heterocycles. The third-order valence-corrected chi connectivity index (χ3v) is 6.77. The highest BCUT2D eigenvalue weighted by atomic mass is 32.1. The first-order chi connectivity index (χ1) is 16.8. The highest BCUT2D eigenvalue weighted by molar-refractivity contribution is 7.71. The molecule has 1 aliphatic heterocycles. The summed E-state index contributed by atoms with van der Waals surface area (Å²) in [4.78, 5) is 29.4. The second-order valence-corrected chi connectivity index (χ2v) is 9.48. The van der Waals surface area contributed by atoms with E-state index in [9.17, 15) is 9.59 Å². The molecule has 9 heteroatoms. The van der Waals surface area contributed by atoms with E-state index in [4.69, 9.17) is 12.2 Å². The van der Waals surface area contributed by atoms with Crippen LogP contribution in [0.3, 0.4) is 0 Å². The maximum absolute atomic E-state index is 12.9. The zero-order valence-electron chi connectivity index (χ0n) is 20.5. The Morgan fingerprint density at radius 1 is 1.00 bits per heavy atom. The molecule has 0 unspecified atom stereocenters. The van der Waals surface area contributed by atoms with E-state index in [1.165, 1.54) is 5.56 Å². The van der Waals surface area contributed by atoms with E-state index in [1.54, 1.807) is 0 Å². The molecule has 3 aromatic rings. The van der Waals surface area contributed by atoms with Crippen LogP contribution in [0, 0.1) is 25.5 Å². The number of nitrogens with one attached hydrogen (secondary N) is 2. The smallest absolute Gasteiger partial charge is 0.238 e. The number of carbonyl (C=O) groups is 2. The van der Waals surface area contributed by atoms with E-state index in [1.807, 2.05) is 72.7 Å². The lowest BCUT2D eigenvalue weighted by atomic mass is 10.1. The summed E-state index contributed by atoms with van der Waals surface area (Å²) in [6, 6.07) is 14.1. The van der Waals surface area contributed by atoms with Crippen molar-refractivity contribution in [2.45, 2.75) is 33.7 Å². The molecule has 0 saturated carbocycles. The van der Waals surface area contributed by atoms with E-state index in [0.29, 0.717) is 50.5 Å². The second kappa shape index (κ2) is 11.0. The Kier molecular flexibility index (Phi) is 7.77. The summed E-state index contributed by atoms with van der Waals surface area (Å²) in [5.74, 6) is 0.797. The summed E-state index contributed by atoms with van der Waals surface area (Å²) >= 11 is 5.40. The van der Waals surface area contributed by atoms with E-state index in [2.05, 4.69) is 20.4 Å². The highest BCUT2D eigenvalue weighted by Gasteiger charge is 2.23. The number of carbonyl (C=O) groups excluding carboxylic acids is 2. The first-order valence-corrected chi connectivity index (χ1v) is 12.3. The summed E-state index contributed by atoms with van der Waals surface area (Å²) in [5.41, 5.74) is 5.12. The molecule has 2 amide bonds. The molecule has 0 spiro atoms. The van der Waals surface area contributed by atoms with Gasteiger partial charge in [0.05, 0.1) is 6.54 Å². The largest absolute Gasteiger partial charge is 0.340 e. The van der Waals surface area contributed by atoms with Crippen LogP contribution in [-0.2, 0) is 16.1 Å². The fourth-order valence-corrected chi connectivity index (χ4v) is 4.59. The number of rotatable bonds is 7. The van der Waals surface area contributed by atoms with Crippen molar-refractivity contribution >= 4 is 29.7 Å². The van der Waals surface area contributed by atoms with Crippen LogP contribution in [0.5, 0.6) is 0 Å². The topological polar surface area (TPSA) is 86.3 Å². The lowest BCUT2D eigenvalue weighted by molar-refractivity contribution is -0.133. The van der Waals surface area contributed by atoms with Gasteiger partial charge in [-0.1, -0.05) is 48.0 Å². The summed E-state index contributed by atoms with van der Waals surface area (Å²) in [7, 11) is 0.